The summed E-state index contributed by atoms with van der Waals surface area (Å²) in [5.41, 5.74) is 2.67. The molecular formula is C26H30N6O2. The second-order valence-electron chi connectivity index (χ2n) is 9.12. The van der Waals surface area contributed by atoms with E-state index >= 15 is 0 Å². The number of likely N-dealkylation sites (tertiary alicyclic amines) is 1. The number of rotatable bonds is 7. The lowest BCUT2D eigenvalue weighted by Gasteiger charge is -2.38. The maximum absolute atomic E-state index is 12.7. The summed E-state index contributed by atoms with van der Waals surface area (Å²) in [5, 5.41) is 4.14. The van der Waals surface area contributed by atoms with Crippen molar-refractivity contribution in [3.8, 4) is 0 Å². The second-order valence-corrected chi connectivity index (χ2v) is 9.12. The van der Waals surface area contributed by atoms with Gasteiger partial charge in [0.2, 0.25) is 11.9 Å². The maximum atomic E-state index is 12.7. The predicted molar refractivity (Wildman–Crippen MR) is 134 cm³/mol. The van der Waals surface area contributed by atoms with Gasteiger partial charge in [0, 0.05) is 61.7 Å². The van der Waals surface area contributed by atoms with Crippen LogP contribution in [0, 0.1) is 5.92 Å². The standard InChI is InChI=1S/C26H30N6O2/c1-2-23(33)31-17-19(18-31)11-14-32-24(34)10-9-20-16-27-26(29-25(20)32)28-21-7-6-8-22(15-21)30-12-4-3-5-13-30/h2,6-10,15-16,19H,1,3-5,11-14,17-18H2,(H,27,28,29). The van der Waals surface area contributed by atoms with Gasteiger partial charge in [-0.3, -0.25) is 14.2 Å². The Morgan fingerprint density at radius 3 is 2.76 bits per heavy atom. The number of pyridine rings is 1. The third-order valence-electron chi connectivity index (χ3n) is 6.75. The van der Waals surface area contributed by atoms with Gasteiger partial charge < -0.3 is 15.1 Å². The van der Waals surface area contributed by atoms with Gasteiger partial charge in [-0.1, -0.05) is 12.6 Å². The Bertz CT molecular complexity index is 1260. The van der Waals surface area contributed by atoms with Crippen molar-refractivity contribution in [3.63, 3.8) is 0 Å². The molecule has 0 unspecified atom stereocenters. The van der Waals surface area contributed by atoms with Crippen molar-refractivity contribution in [3.05, 3.63) is 65.6 Å². The summed E-state index contributed by atoms with van der Waals surface area (Å²) >= 11 is 0. The van der Waals surface area contributed by atoms with Gasteiger partial charge >= 0.3 is 0 Å². The smallest absolute Gasteiger partial charge is 0.252 e. The second kappa shape index (κ2) is 9.67. The van der Waals surface area contributed by atoms with Gasteiger partial charge in [0.15, 0.2) is 0 Å². The number of amides is 1. The van der Waals surface area contributed by atoms with E-state index in [1.54, 1.807) is 27.8 Å². The number of carbonyl (C=O) groups excluding carboxylic acids is 1. The number of hydrogen-bond acceptors (Lipinski definition) is 6. The first kappa shape index (κ1) is 22.1. The molecule has 0 spiro atoms. The van der Waals surface area contributed by atoms with Crippen molar-refractivity contribution in [2.75, 3.05) is 36.4 Å². The molecule has 5 rings (SSSR count). The van der Waals surface area contributed by atoms with E-state index in [-0.39, 0.29) is 11.5 Å². The SMILES string of the molecule is C=CC(=O)N1CC(CCn2c(=O)ccc3cnc(Nc4cccc(N5CCCCC5)c4)nc32)C1. The highest BCUT2D eigenvalue weighted by atomic mass is 16.2. The van der Waals surface area contributed by atoms with Gasteiger partial charge in [0.25, 0.3) is 5.56 Å². The van der Waals surface area contributed by atoms with Gasteiger partial charge in [-0.15, -0.1) is 0 Å². The van der Waals surface area contributed by atoms with Crippen molar-refractivity contribution in [2.24, 2.45) is 5.92 Å². The van der Waals surface area contributed by atoms with E-state index in [4.69, 9.17) is 4.98 Å². The largest absolute Gasteiger partial charge is 0.371 e. The van der Waals surface area contributed by atoms with Crippen LogP contribution >= 0.6 is 0 Å². The number of nitrogens with one attached hydrogen (secondary N) is 1. The molecule has 1 N–H and O–H groups in total. The fourth-order valence-electron chi connectivity index (χ4n) is 4.78. The van der Waals surface area contributed by atoms with Crippen LogP contribution in [0.3, 0.4) is 0 Å². The highest BCUT2D eigenvalue weighted by molar-refractivity contribution is 5.87. The normalized spacial score (nSPS) is 16.4. The Morgan fingerprint density at radius 2 is 1.97 bits per heavy atom. The van der Waals surface area contributed by atoms with E-state index in [1.165, 1.54) is 31.0 Å². The molecule has 0 atom stereocenters. The van der Waals surface area contributed by atoms with Gasteiger partial charge in [-0.25, -0.2) is 4.98 Å². The van der Waals surface area contributed by atoms with Gasteiger partial charge in [0.1, 0.15) is 5.65 Å². The molecule has 176 valence electrons. The lowest BCUT2D eigenvalue weighted by molar-refractivity contribution is -0.132. The minimum absolute atomic E-state index is 0.0357. The zero-order valence-corrected chi connectivity index (χ0v) is 19.3. The minimum atomic E-state index is -0.0809. The fourth-order valence-corrected chi connectivity index (χ4v) is 4.78. The Kier molecular flexibility index (Phi) is 6.29. The number of piperidine rings is 1. The van der Waals surface area contributed by atoms with Crippen LogP contribution in [0.5, 0.6) is 0 Å². The molecule has 8 heteroatoms. The first-order valence-corrected chi connectivity index (χ1v) is 12.0. The van der Waals surface area contributed by atoms with E-state index in [9.17, 15) is 9.59 Å². The fraction of sp³-hybridized carbons (Fsp3) is 0.385. The average molecular weight is 459 g/mol. The summed E-state index contributed by atoms with van der Waals surface area (Å²) in [6.07, 6.45) is 7.67. The molecular weight excluding hydrogens is 428 g/mol. The zero-order valence-electron chi connectivity index (χ0n) is 19.3. The number of nitrogens with zero attached hydrogens (tertiary/aromatic N) is 5. The molecule has 2 aliphatic rings. The molecule has 34 heavy (non-hydrogen) atoms. The first-order valence-electron chi connectivity index (χ1n) is 12.0. The van der Waals surface area contributed by atoms with Crippen LogP contribution < -0.4 is 15.8 Å². The molecule has 4 heterocycles. The van der Waals surface area contributed by atoms with E-state index < -0.39 is 0 Å². The molecule has 1 aromatic carbocycles. The maximum Gasteiger partial charge on any atom is 0.252 e. The van der Waals surface area contributed by atoms with E-state index in [2.05, 4.69) is 33.9 Å². The van der Waals surface area contributed by atoms with Gasteiger partial charge in [0.05, 0.1) is 0 Å². The van der Waals surface area contributed by atoms with Crippen LogP contribution in [0.2, 0.25) is 0 Å². The van der Waals surface area contributed by atoms with Crippen molar-refractivity contribution in [2.45, 2.75) is 32.2 Å². The molecule has 8 nitrogen and oxygen atoms in total. The van der Waals surface area contributed by atoms with Crippen LogP contribution in [-0.2, 0) is 11.3 Å². The number of hydrogen-bond donors (Lipinski definition) is 1. The number of carbonyl (C=O) groups is 1. The summed E-state index contributed by atoms with van der Waals surface area (Å²) in [5.74, 6) is 0.809. The Balaban J connectivity index is 1.32. The first-order chi connectivity index (χ1) is 16.6. The summed E-state index contributed by atoms with van der Waals surface area (Å²) in [7, 11) is 0. The Labute approximate surface area is 198 Å². The molecule has 0 aliphatic carbocycles. The molecule has 0 bridgehead atoms. The molecule has 0 radical (unpaired) electrons. The predicted octanol–water partition coefficient (Wildman–Crippen LogP) is 3.56. The molecule has 2 aliphatic heterocycles. The summed E-state index contributed by atoms with van der Waals surface area (Å²) in [6, 6.07) is 11.6. The Hall–Kier alpha value is -3.68. The van der Waals surface area contributed by atoms with Gasteiger partial charge in [-0.05, 0) is 61.9 Å². The van der Waals surface area contributed by atoms with Crippen molar-refractivity contribution in [1.82, 2.24) is 19.4 Å². The molecule has 2 fully saturated rings. The number of aromatic nitrogens is 3. The number of fused-ring (bicyclic) bond motifs is 1. The minimum Gasteiger partial charge on any atom is -0.371 e. The lowest BCUT2D eigenvalue weighted by Crippen LogP contribution is -2.49. The summed E-state index contributed by atoms with van der Waals surface area (Å²) in [6.45, 7) is 7.68. The molecule has 1 amide bonds. The van der Waals surface area contributed by atoms with Crippen LogP contribution in [0.1, 0.15) is 25.7 Å². The van der Waals surface area contributed by atoms with Crippen LogP contribution in [0.25, 0.3) is 11.0 Å². The van der Waals surface area contributed by atoms with Crippen molar-refractivity contribution < 1.29 is 4.79 Å². The third kappa shape index (κ3) is 4.66. The van der Waals surface area contributed by atoms with E-state index in [1.807, 2.05) is 12.1 Å². The zero-order chi connectivity index (χ0) is 23.5. The quantitative estimate of drug-likeness (QED) is 0.545. The number of anilines is 3. The van der Waals surface area contributed by atoms with E-state index in [0.717, 1.165) is 30.6 Å². The molecule has 2 saturated heterocycles. The third-order valence-corrected chi connectivity index (χ3v) is 6.75. The van der Waals surface area contributed by atoms with Crippen LogP contribution in [0.15, 0.2) is 60.0 Å². The van der Waals surface area contributed by atoms with Crippen molar-refractivity contribution in [1.29, 1.82) is 0 Å². The summed E-state index contributed by atoms with van der Waals surface area (Å²) < 4.78 is 1.71. The lowest BCUT2D eigenvalue weighted by atomic mass is 9.96. The molecule has 2 aromatic heterocycles. The Morgan fingerprint density at radius 1 is 1.15 bits per heavy atom. The monoisotopic (exact) mass is 458 g/mol. The number of aryl methyl sites for hydroxylation is 1. The molecule has 0 saturated carbocycles. The topological polar surface area (TPSA) is 83.4 Å². The highest BCUT2D eigenvalue weighted by Crippen LogP contribution is 2.25. The van der Waals surface area contributed by atoms with Crippen LogP contribution in [0.4, 0.5) is 17.3 Å². The van der Waals surface area contributed by atoms with Crippen LogP contribution in [-0.4, -0.2) is 51.5 Å². The highest BCUT2D eigenvalue weighted by Gasteiger charge is 2.29. The van der Waals surface area contributed by atoms with Gasteiger partial charge in [-0.2, -0.15) is 4.98 Å². The number of benzene rings is 1. The summed E-state index contributed by atoms with van der Waals surface area (Å²) in [4.78, 5) is 37.7. The average Bonchev–Trinajstić information content (AvgIpc) is 2.84. The van der Waals surface area contributed by atoms with E-state index in [0.29, 0.717) is 37.1 Å². The van der Waals surface area contributed by atoms with Crippen molar-refractivity contribution >= 4 is 34.3 Å². The molecule has 3 aromatic rings.